The highest BCUT2D eigenvalue weighted by atomic mass is 15.3. The third-order valence-electron chi connectivity index (χ3n) is 5.32. The minimum Gasteiger partial charge on any atom is -0.371 e. The van der Waals surface area contributed by atoms with Gasteiger partial charge in [0.15, 0.2) is 0 Å². The normalized spacial score (nSPS) is 18.0. The fourth-order valence-corrected chi connectivity index (χ4v) is 3.83. The van der Waals surface area contributed by atoms with E-state index < -0.39 is 0 Å². The number of nitriles is 1. The van der Waals surface area contributed by atoms with Gasteiger partial charge in [-0.3, -0.25) is 0 Å². The quantitative estimate of drug-likeness (QED) is 0.859. The molecule has 0 N–H and O–H groups in total. The summed E-state index contributed by atoms with van der Waals surface area (Å²) in [6, 6.07) is 11.7. The number of benzene rings is 1. The summed E-state index contributed by atoms with van der Waals surface area (Å²) in [4.78, 5) is 13.5. The van der Waals surface area contributed by atoms with Gasteiger partial charge in [0.05, 0.1) is 11.6 Å². The van der Waals surface area contributed by atoms with E-state index >= 15 is 0 Å². The number of nitrogens with zero attached hydrogens (tertiary/aromatic N) is 5. The number of rotatable bonds is 4. The van der Waals surface area contributed by atoms with Crippen molar-refractivity contribution < 1.29 is 0 Å². The second-order valence-electron chi connectivity index (χ2n) is 7.04. The Morgan fingerprint density at radius 1 is 1.12 bits per heavy atom. The Morgan fingerprint density at radius 2 is 1.88 bits per heavy atom. The summed E-state index contributed by atoms with van der Waals surface area (Å²) in [5.74, 6) is 1.07. The summed E-state index contributed by atoms with van der Waals surface area (Å²) in [5, 5.41) is 9.10. The van der Waals surface area contributed by atoms with Crippen LogP contribution >= 0.6 is 0 Å². The summed E-state index contributed by atoms with van der Waals surface area (Å²) in [6.45, 7) is 4.10. The highest BCUT2D eigenvalue weighted by Crippen LogP contribution is 2.35. The molecule has 0 amide bonds. The van der Waals surface area contributed by atoms with Crippen molar-refractivity contribution in [1.29, 1.82) is 5.26 Å². The Kier molecular flexibility index (Phi) is 4.27. The minimum absolute atomic E-state index is 0.554. The van der Waals surface area contributed by atoms with Gasteiger partial charge in [0.1, 0.15) is 12.1 Å². The maximum absolute atomic E-state index is 9.10. The topological polar surface area (TPSA) is 56.1 Å². The zero-order valence-corrected chi connectivity index (χ0v) is 14.6. The molecule has 0 radical (unpaired) electrons. The van der Waals surface area contributed by atoms with Crippen molar-refractivity contribution in [2.45, 2.75) is 44.7 Å². The molecular weight excluding hydrogens is 310 g/mol. The van der Waals surface area contributed by atoms with Crippen molar-refractivity contribution in [3.05, 3.63) is 47.9 Å². The first-order valence-electron chi connectivity index (χ1n) is 9.06. The second kappa shape index (κ2) is 6.72. The summed E-state index contributed by atoms with van der Waals surface area (Å²) in [5.41, 5.74) is 3.06. The molecule has 0 atom stereocenters. The SMILES string of the molecule is Cc1cc(N2CCC(N(c3ccncn3)C3CC3)CC2)ccc1C#N. The van der Waals surface area contributed by atoms with Crippen molar-refractivity contribution in [2.75, 3.05) is 22.9 Å². The van der Waals surface area contributed by atoms with Gasteiger partial charge in [-0.2, -0.15) is 5.26 Å². The molecule has 2 aliphatic rings. The number of aromatic nitrogens is 2. The van der Waals surface area contributed by atoms with E-state index in [0.29, 0.717) is 12.1 Å². The predicted octanol–water partition coefficient (Wildman–Crippen LogP) is 3.29. The van der Waals surface area contributed by atoms with Crippen LogP contribution in [-0.4, -0.2) is 35.1 Å². The van der Waals surface area contributed by atoms with Crippen LogP contribution in [0.15, 0.2) is 36.8 Å². The first-order chi connectivity index (χ1) is 12.3. The molecule has 1 aliphatic carbocycles. The zero-order valence-electron chi connectivity index (χ0n) is 14.6. The summed E-state index contributed by atoms with van der Waals surface area (Å²) >= 11 is 0. The summed E-state index contributed by atoms with van der Waals surface area (Å²) < 4.78 is 0. The number of hydrogen-bond donors (Lipinski definition) is 0. The molecule has 1 aromatic heterocycles. The van der Waals surface area contributed by atoms with Crippen LogP contribution in [0.25, 0.3) is 0 Å². The van der Waals surface area contributed by atoms with Crippen LogP contribution in [0.3, 0.4) is 0 Å². The molecule has 2 aromatic rings. The van der Waals surface area contributed by atoms with Crippen LogP contribution in [0.2, 0.25) is 0 Å². The van der Waals surface area contributed by atoms with Gasteiger partial charge in [0, 0.05) is 37.1 Å². The molecular formula is C20H23N5. The van der Waals surface area contributed by atoms with E-state index in [-0.39, 0.29) is 0 Å². The van der Waals surface area contributed by atoms with E-state index in [4.69, 9.17) is 5.26 Å². The maximum atomic E-state index is 9.10. The van der Waals surface area contributed by atoms with Gasteiger partial charge >= 0.3 is 0 Å². The van der Waals surface area contributed by atoms with Crippen molar-refractivity contribution in [2.24, 2.45) is 0 Å². The van der Waals surface area contributed by atoms with Crippen LogP contribution in [0.5, 0.6) is 0 Å². The third kappa shape index (κ3) is 3.30. The third-order valence-corrected chi connectivity index (χ3v) is 5.32. The number of piperidine rings is 1. The summed E-state index contributed by atoms with van der Waals surface area (Å²) in [7, 11) is 0. The highest BCUT2D eigenvalue weighted by Gasteiger charge is 2.36. The van der Waals surface area contributed by atoms with E-state index in [1.165, 1.54) is 18.5 Å². The molecule has 5 heteroatoms. The molecule has 2 fully saturated rings. The smallest absolute Gasteiger partial charge is 0.132 e. The average Bonchev–Trinajstić information content (AvgIpc) is 3.48. The van der Waals surface area contributed by atoms with E-state index in [0.717, 1.165) is 42.9 Å². The van der Waals surface area contributed by atoms with Crippen LogP contribution in [0.4, 0.5) is 11.5 Å². The van der Waals surface area contributed by atoms with Crippen molar-refractivity contribution in [3.8, 4) is 6.07 Å². The monoisotopic (exact) mass is 333 g/mol. The molecule has 1 aliphatic heterocycles. The van der Waals surface area contributed by atoms with E-state index in [1.54, 1.807) is 6.33 Å². The molecule has 2 heterocycles. The standard InChI is InChI=1S/C20H23N5/c1-15-12-19(3-2-16(15)13-21)24-10-7-18(8-11-24)25(17-4-5-17)20-6-9-22-14-23-20/h2-3,6,9,12,14,17-18H,4-5,7-8,10-11H2,1H3. The van der Waals surface area contributed by atoms with E-state index in [2.05, 4.69) is 38.0 Å². The van der Waals surface area contributed by atoms with E-state index in [1.807, 2.05) is 25.3 Å². The Balaban J connectivity index is 1.46. The Bertz CT molecular complexity index is 770. The van der Waals surface area contributed by atoms with Gasteiger partial charge in [-0.05, 0) is 62.4 Å². The Hall–Kier alpha value is -2.61. The molecule has 4 rings (SSSR count). The second-order valence-corrected chi connectivity index (χ2v) is 7.04. The lowest BCUT2D eigenvalue weighted by atomic mass is 10.0. The molecule has 0 bridgehead atoms. The molecule has 1 saturated carbocycles. The predicted molar refractivity (Wildman–Crippen MR) is 98.7 cm³/mol. The van der Waals surface area contributed by atoms with Gasteiger partial charge < -0.3 is 9.80 Å². The number of hydrogen-bond acceptors (Lipinski definition) is 5. The largest absolute Gasteiger partial charge is 0.371 e. The van der Waals surface area contributed by atoms with Crippen molar-refractivity contribution in [3.63, 3.8) is 0 Å². The number of aryl methyl sites for hydroxylation is 1. The molecule has 25 heavy (non-hydrogen) atoms. The van der Waals surface area contributed by atoms with Gasteiger partial charge in [-0.25, -0.2) is 9.97 Å². The van der Waals surface area contributed by atoms with Crippen molar-refractivity contribution >= 4 is 11.5 Å². The van der Waals surface area contributed by atoms with Crippen LogP contribution in [0, 0.1) is 18.3 Å². The lowest BCUT2D eigenvalue weighted by Crippen LogP contribution is -2.46. The fraction of sp³-hybridized carbons (Fsp3) is 0.450. The first-order valence-corrected chi connectivity index (χ1v) is 9.06. The lowest BCUT2D eigenvalue weighted by molar-refractivity contribution is 0.459. The van der Waals surface area contributed by atoms with Crippen molar-refractivity contribution in [1.82, 2.24) is 9.97 Å². The van der Waals surface area contributed by atoms with Gasteiger partial charge in [0.25, 0.3) is 0 Å². The molecule has 5 nitrogen and oxygen atoms in total. The van der Waals surface area contributed by atoms with Gasteiger partial charge in [0.2, 0.25) is 0 Å². The van der Waals surface area contributed by atoms with E-state index in [9.17, 15) is 0 Å². The molecule has 128 valence electrons. The molecule has 1 aromatic carbocycles. The average molecular weight is 333 g/mol. The van der Waals surface area contributed by atoms with Crippen LogP contribution in [-0.2, 0) is 0 Å². The Labute approximate surface area is 148 Å². The zero-order chi connectivity index (χ0) is 17.2. The van der Waals surface area contributed by atoms with Crippen LogP contribution in [0.1, 0.15) is 36.8 Å². The Morgan fingerprint density at radius 3 is 2.48 bits per heavy atom. The lowest BCUT2D eigenvalue weighted by Gasteiger charge is -2.40. The van der Waals surface area contributed by atoms with Gasteiger partial charge in [-0.15, -0.1) is 0 Å². The van der Waals surface area contributed by atoms with Crippen LogP contribution < -0.4 is 9.80 Å². The fourth-order valence-electron chi connectivity index (χ4n) is 3.83. The highest BCUT2D eigenvalue weighted by molar-refractivity contribution is 5.54. The molecule has 0 spiro atoms. The molecule has 0 unspecified atom stereocenters. The van der Waals surface area contributed by atoms with Gasteiger partial charge in [-0.1, -0.05) is 0 Å². The maximum Gasteiger partial charge on any atom is 0.132 e. The molecule has 1 saturated heterocycles. The minimum atomic E-state index is 0.554. The first kappa shape index (κ1) is 15.9. The number of anilines is 2. The summed E-state index contributed by atoms with van der Waals surface area (Å²) in [6.07, 6.45) is 8.32.